The molecular formula is C15H15FN2O. The maximum atomic E-state index is 13.4. The second-order valence-electron chi connectivity index (χ2n) is 4.35. The summed E-state index contributed by atoms with van der Waals surface area (Å²) in [6.07, 6.45) is 0. The molecule has 2 aromatic rings. The van der Waals surface area contributed by atoms with Crippen LogP contribution in [0.5, 0.6) is 0 Å². The van der Waals surface area contributed by atoms with Crippen LogP contribution in [-0.4, -0.2) is 5.91 Å². The summed E-state index contributed by atoms with van der Waals surface area (Å²) in [5, 5.41) is 2.67. The van der Waals surface area contributed by atoms with Crippen LogP contribution in [0, 0.1) is 12.7 Å². The van der Waals surface area contributed by atoms with E-state index in [2.05, 4.69) is 5.32 Å². The number of halogens is 1. The molecule has 0 fully saturated rings. The van der Waals surface area contributed by atoms with Gasteiger partial charge in [-0.15, -0.1) is 0 Å². The number of nitrogen functional groups attached to an aromatic ring is 1. The van der Waals surface area contributed by atoms with E-state index in [9.17, 15) is 9.18 Å². The Balaban J connectivity index is 2.05. The quantitative estimate of drug-likeness (QED) is 0.831. The number of carbonyl (C=O) groups is 1. The largest absolute Gasteiger partial charge is 0.398 e. The fourth-order valence-corrected chi connectivity index (χ4v) is 1.70. The first-order valence-corrected chi connectivity index (χ1v) is 5.95. The fraction of sp³-hybridized carbons (Fsp3) is 0.133. The molecular weight excluding hydrogens is 243 g/mol. The molecule has 1 amide bonds. The molecule has 0 aliphatic heterocycles. The standard InChI is InChI=1S/C15H15FN2O/c1-10-6-7-11(8-14(10)17)15(19)18-9-12-4-2-3-5-13(12)16/h2-8H,9,17H2,1H3,(H,18,19). The molecule has 2 aromatic carbocycles. The monoisotopic (exact) mass is 258 g/mol. The number of hydrogen-bond donors (Lipinski definition) is 2. The van der Waals surface area contributed by atoms with Crippen LogP contribution in [0.4, 0.5) is 10.1 Å². The third-order valence-electron chi connectivity index (χ3n) is 2.94. The number of rotatable bonds is 3. The van der Waals surface area contributed by atoms with Gasteiger partial charge in [0.25, 0.3) is 5.91 Å². The van der Waals surface area contributed by atoms with Crippen molar-refractivity contribution in [3.63, 3.8) is 0 Å². The zero-order chi connectivity index (χ0) is 13.8. The molecule has 0 heterocycles. The predicted molar refractivity (Wildman–Crippen MR) is 73.2 cm³/mol. The van der Waals surface area contributed by atoms with Crippen LogP contribution in [0.3, 0.4) is 0 Å². The van der Waals surface area contributed by atoms with Gasteiger partial charge in [-0.25, -0.2) is 4.39 Å². The summed E-state index contributed by atoms with van der Waals surface area (Å²) < 4.78 is 13.4. The zero-order valence-corrected chi connectivity index (χ0v) is 10.6. The highest BCUT2D eigenvalue weighted by Gasteiger charge is 2.08. The van der Waals surface area contributed by atoms with Crippen LogP contribution in [0.2, 0.25) is 0 Å². The highest BCUT2D eigenvalue weighted by atomic mass is 19.1. The normalized spacial score (nSPS) is 10.2. The minimum atomic E-state index is -0.328. The lowest BCUT2D eigenvalue weighted by Crippen LogP contribution is -2.23. The average molecular weight is 258 g/mol. The van der Waals surface area contributed by atoms with E-state index in [0.717, 1.165) is 5.56 Å². The minimum absolute atomic E-state index is 0.152. The fourth-order valence-electron chi connectivity index (χ4n) is 1.70. The highest BCUT2D eigenvalue weighted by Crippen LogP contribution is 2.13. The van der Waals surface area contributed by atoms with Gasteiger partial charge in [0, 0.05) is 23.4 Å². The number of hydrogen-bond acceptors (Lipinski definition) is 2. The van der Waals surface area contributed by atoms with Crippen molar-refractivity contribution in [2.45, 2.75) is 13.5 Å². The molecule has 0 aromatic heterocycles. The van der Waals surface area contributed by atoms with Gasteiger partial charge < -0.3 is 11.1 Å². The third kappa shape index (κ3) is 3.10. The van der Waals surface area contributed by atoms with E-state index < -0.39 is 0 Å². The molecule has 0 aliphatic rings. The SMILES string of the molecule is Cc1ccc(C(=O)NCc2ccccc2F)cc1N. The molecule has 3 nitrogen and oxygen atoms in total. The number of benzene rings is 2. The predicted octanol–water partition coefficient (Wildman–Crippen LogP) is 2.65. The van der Waals surface area contributed by atoms with Gasteiger partial charge in [0.05, 0.1) is 0 Å². The van der Waals surface area contributed by atoms with Gasteiger partial charge in [0.2, 0.25) is 0 Å². The van der Waals surface area contributed by atoms with Gasteiger partial charge in [0.15, 0.2) is 0 Å². The second kappa shape index (κ2) is 5.52. The molecule has 19 heavy (non-hydrogen) atoms. The number of aryl methyl sites for hydroxylation is 1. The van der Waals surface area contributed by atoms with E-state index in [1.807, 2.05) is 6.92 Å². The average Bonchev–Trinajstić information content (AvgIpc) is 2.40. The van der Waals surface area contributed by atoms with Crippen molar-refractivity contribution < 1.29 is 9.18 Å². The summed E-state index contributed by atoms with van der Waals surface area (Å²) >= 11 is 0. The Morgan fingerprint density at radius 2 is 2.00 bits per heavy atom. The van der Waals surface area contributed by atoms with Gasteiger partial charge in [-0.1, -0.05) is 24.3 Å². The smallest absolute Gasteiger partial charge is 0.251 e. The lowest BCUT2D eigenvalue weighted by atomic mass is 10.1. The van der Waals surface area contributed by atoms with Crippen LogP contribution < -0.4 is 11.1 Å². The Morgan fingerprint density at radius 1 is 1.26 bits per heavy atom. The summed E-state index contributed by atoms with van der Waals surface area (Å²) in [4.78, 5) is 11.9. The third-order valence-corrected chi connectivity index (χ3v) is 2.94. The molecule has 0 unspecified atom stereocenters. The van der Waals surface area contributed by atoms with Crippen LogP contribution in [0.15, 0.2) is 42.5 Å². The maximum absolute atomic E-state index is 13.4. The summed E-state index contributed by atoms with van der Waals surface area (Å²) in [5.41, 5.74) is 8.17. The minimum Gasteiger partial charge on any atom is -0.398 e. The van der Waals surface area contributed by atoms with E-state index in [1.165, 1.54) is 6.07 Å². The van der Waals surface area contributed by atoms with Crippen LogP contribution >= 0.6 is 0 Å². The molecule has 4 heteroatoms. The van der Waals surface area contributed by atoms with Gasteiger partial charge in [0.1, 0.15) is 5.82 Å². The summed E-state index contributed by atoms with van der Waals surface area (Å²) in [6.45, 7) is 2.02. The first-order chi connectivity index (χ1) is 9.08. The maximum Gasteiger partial charge on any atom is 0.251 e. The molecule has 98 valence electrons. The Bertz CT molecular complexity index is 611. The molecule has 0 spiro atoms. The number of nitrogens with one attached hydrogen (secondary N) is 1. The van der Waals surface area contributed by atoms with E-state index in [1.54, 1.807) is 36.4 Å². The molecule has 0 saturated heterocycles. The first-order valence-electron chi connectivity index (χ1n) is 5.95. The number of nitrogens with two attached hydrogens (primary N) is 1. The van der Waals surface area contributed by atoms with Crippen molar-refractivity contribution >= 4 is 11.6 Å². The van der Waals surface area contributed by atoms with Crippen molar-refractivity contribution in [1.82, 2.24) is 5.32 Å². The van der Waals surface area contributed by atoms with Crippen molar-refractivity contribution in [3.05, 3.63) is 65.0 Å². The number of amides is 1. The van der Waals surface area contributed by atoms with Crippen LogP contribution in [0.25, 0.3) is 0 Å². The molecule has 0 radical (unpaired) electrons. The first kappa shape index (κ1) is 13.1. The Kier molecular flexibility index (Phi) is 3.80. The van der Waals surface area contributed by atoms with Gasteiger partial charge >= 0.3 is 0 Å². The Morgan fingerprint density at radius 3 is 2.68 bits per heavy atom. The Labute approximate surface area is 111 Å². The van der Waals surface area contributed by atoms with E-state index in [0.29, 0.717) is 16.8 Å². The van der Waals surface area contributed by atoms with Crippen molar-refractivity contribution in [2.24, 2.45) is 0 Å². The number of anilines is 1. The highest BCUT2D eigenvalue weighted by molar-refractivity contribution is 5.95. The molecule has 0 atom stereocenters. The summed E-state index contributed by atoms with van der Waals surface area (Å²) in [6, 6.07) is 11.4. The van der Waals surface area contributed by atoms with Crippen molar-refractivity contribution in [2.75, 3.05) is 5.73 Å². The van der Waals surface area contributed by atoms with Gasteiger partial charge in [-0.05, 0) is 30.7 Å². The molecule has 3 N–H and O–H groups in total. The van der Waals surface area contributed by atoms with Gasteiger partial charge in [-0.2, -0.15) is 0 Å². The molecule has 0 aliphatic carbocycles. The summed E-state index contributed by atoms with van der Waals surface area (Å²) in [5.74, 6) is -0.596. The molecule has 0 bridgehead atoms. The summed E-state index contributed by atoms with van der Waals surface area (Å²) in [7, 11) is 0. The molecule has 2 rings (SSSR count). The second-order valence-corrected chi connectivity index (χ2v) is 4.35. The van der Waals surface area contributed by atoms with E-state index >= 15 is 0 Å². The van der Waals surface area contributed by atoms with Gasteiger partial charge in [-0.3, -0.25) is 4.79 Å². The topological polar surface area (TPSA) is 55.1 Å². The lowest BCUT2D eigenvalue weighted by Gasteiger charge is -2.07. The van der Waals surface area contributed by atoms with Crippen LogP contribution in [0.1, 0.15) is 21.5 Å². The van der Waals surface area contributed by atoms with Crippen LogP contribution in [-0.2, 0) is 6.54 Å². The van der Waals surface area contributed by atoms with E-state index in [4.69, 9.17) is 5.73 Å². The molecule has 0 saturated carbocycles. The lowest BCUT2D eigenvalue weighted by molar-refractivity contribution is 0.0950. The number of carbonyl (C=O) groups excluding carboxylic acids is 1. The van der Waals surface area contributed by atoms with Crippen molar-refractivity contribution in [1.29, 1.82) is 0 Å². The van der Waals surface area contributed by atoms with E-state index in [-0.39, 0.29) is 18.3 Å². The Hall–Kier alpha value is -2.36. The van der Waals surface area contributed by atoms with Crippen molar-refractivity contribution in [3.8, 4) is 0 Å². The zero-order valence-electron chi connectivity index (χ0n) is 10.6.